The van der Waals surface area contributed by atoms with Gasteiger partial charge in [-0.25, -0.2) is 0 Å². The van der Waals surface area contributed by atoms with Gasteiger partial charge in [-0.15, -0.1) is 0 Å². The second kappa shape index (κ2) is 6.50. The lowest BCUT2D eigenvalue weighted by atomic mass is 10.1. The average molecular weight is 236 g/mol. The molecule has 0 spiro atoms. The van der Waals surface area contributed by atoms with Gasteiger partial charge in [0.25, 0.3) is 0 Å². The second-order valence-electron chi connectivity index (χ2n) is 4.66. The fourth-order valence-corrected chi connectivity index (χ4v) is 1.93. The topological polar surface area (TPSA) is 47.3 Å². The predicted octanol–water partition coefficient (Wildman–Crippen LogP) is 2.60. The van der Waals surface area contributed by atoms with Crippen LogP contribution < -0.4 is 15.8 Å². The van der Waals surface area contributed by atoms with Crippen molar-refractivity contribution in [3.8, 4) is 5.75 Å². The van der Waals surface area contributed by atoms with Crippen molar-refractivity contribution in [1.82, 2.24) is 5.32 Å². The first-order valence-corrected chi connectivity index (χ1v) is 6.25. The number of hydrogen-bond acceptors (Lipinski definition) is 3. The van der Waals surface area contributed by atoms with Crippen LogP contribution in [0.5, 0.6) is 5.75 Å². The first-order valence-electron chi connectivity index (χ1n) is 6.25. The van der Waals surface area contributed by atoms with E-state index in [1.54, 1.807) is 7.11 Å². The van der Waals surface area contributed by atoms with Crippen LogP contribution in [0.4, 0.5) is 5.69 Å². The highest BCUT2D eigenvalue weighted by Gasteiger charge is 2.08. The third-order valence-electron chi connectivity index (χ3n) is 3.02. The normalized spacial score (nSPS) is 14.4. The van der Waals surface area contributed by atoms with E-state index < -0.39 is 0 Å². The van der Waals surface area contributed by atoms with E-state index in [9.17, 15) is 0 Å². The van der Waals surface area contributed by atoms with Crippen molar-refractivity contribution in [2.24, 2.45) is 0 Å². The maximum atomic E-state index is 5.89. The van der Waals surface area contributed by atoms with E-state index in [0.717, 1.165) is 18.6 Å². The van der Waals surface area contributed by atoms with Crippen LogP contribution in [-0.4, -0.2) is 19.2 Å². The van der Waals surface area contributed by atoms with Crippen LogP contribution in [0.3, 0.4) is 0 Å². The standard InChI is InChI=1S/C14H24N2O/c1-5-10(2)16-11(3)8-12-6-7-14(17-4)13(15)9-12/h6-7,9-11,16H,5,8,15H2,1-4H3. The number of rotatable bonds is 6. The summed E-state index contributed by atoms with van der Waals surface area (Å²) in [5.74, 6) is 0.747. The minimum Gasteiger partial charge on any atom is -0.495 e. The van der Waals surface area contributed by atoms with E-state index in [1.807, 2.05) is 12.1 Å². The molecule has 0 fully saturated rings. The third-order valence-corrected chi connectivity index (χ3v) is 3.02. The van der Waals surface area contributed by atoms with Gasteiger partial charge >= 0.3 is 0 Å². The van der Waals surface area contributed by atoms with Crippen LogP contribution in [0, 0.1) is 0 Å². The van der Waals surface area contributed by atoms with Gasteiger partial charge < -0.3 is 15.8 Å². The third kappa shape index (κ3) is 4.27. The number of anilines is 1. The smallest absolute Gasteiger partial charge is 0.141 e. The van der Waals surface area contributed by atoms with Crippen LogP contribution in [0.1, 0.15) is 32.8 Å². The van der Waals surface area contributed by atoms with Crippen LogP contribution in [0.25, 0.3) is 0 Å². The van der Waals surface area contributed by atoms with Gasteiger partial charge in [0.1, 0.15) is 5.75 Å². The van der Waals surface area contributed by atoms with Gasteiger partial charge in [0.2, 0.25) is 0 Å². The molecule has 0 aliphatic heterocycles. The molecule has 0 amide bonds. The summed E-state index contributed by atoms with van der Waals surface area (Å²) in [6.07, 6.45) is 2.13. The first kappa shape index (κ1) is 13.8. The van der Waals surface area contributed by atoms with E-state index in [0.29, 0.717) is 17.8 Å². The van der Waals surface area contributed by atoms with Crippen LogP contribution >= 0.6 is 0 Å². The minimum atomic E-state index is 0.456. The van der Waals surface area contributed by atoms with Crippen molar-refractivity contribution in [1.29, 1.82) is 0 Å². The highest BCUT2D eigenvalue weighted by atomic mass is 16.5. The molecule has 3 nitrogen and oxygen atoms in total. The largest absolute Gasteiger partial charge is 0.495 e. The quantitative estimate of drug-likeness (QED) is 0.746. The van der Waals surface area contributed by atoms with Crippen LogP contribution in [0.15, 0.2) is 18.2 Å². The molecule has 3 heteroatoms. The number of nitrogens with two attached hydrogens (primary N) is 1. The van der Waals surface area contributed by atoms with Gasteiger partial charge in [-0.1, -0.05) is 13.0 Å². The molecule has 0 bridgehead atoms. The van der Waals surface area contributed by atoms with Crippen LogP contribution in [-0.2, 0) is 6.42 Å². The van der Waals surface area contributed by atoms with Gasteiger partial charge in [0, 0.05) is 12.1 Å². The fraction of sp³-hybridized carbons (Fsp3) is 0.571. The molecule has 1 rings (SSSR count). The zero-order valence-corrected chi connectivity index (χ0v) is 11.3. The molecule has 3 N–H and O–H groups in total. The number of nitrogen functional groups attached to an aromatic ring is 1. The molecule has 2 unspecified atom stereocenters. The summed E-state index contributed by atoms with van der Waals surface area (Å²) in [7, 11) is 1.64. The number of hydrogen-bond donors (Lipinski definition) is 2. The van der Waals surface area contributed by atoms with Crippen LogP contribution in [0.2, 0.25) is 0 Å². The summed E-state index contributed by atoms with van der Waals surface area (Å²) in [6.45, 7) is 6.60. The second-order valence-corrected chi connectivity index (χ2v) is 4.66. The summed E-state index contributed by atoms with van der Waals surface area (Å²) in [5, 5.41) is 3.55. The molecule has 1 aromatic carbocycles. The molecule has 0 aliphatic carbocycles. The molecule has 96 valence electrons. The summed E-state index contributed by atoms with van der Waals surface area (Å²) >= 11 is 0. The van der Waals surface area contributed by atoms with Gasteiger partial charge in [-0.3, -0.25) is 0 Å². The lowest BCUT2D eigenvalue weighted by molar-refractivity contribution is 0.416. The van der Waals surface area contributed by atoms with Gasteiger partial charge in [-0.05, 0) is 44.4 Å². The van der Waals surface area contributed by atoms with E-state index in [1.165, 1.54) is 5.56 Å². The Labute approximate surface area is 104 Å². The zero-order valence-electron chi connectivity index (χ0n) is 11.3. The van der Waals surface area contributed by atoms with Crippen molar-refractivity contribution in [2.45, 2.75) is 45.7 Å². The number of benzene rings is 1. The van der Waals surface area contributed by atoms with E-state index in [2.05, 4.69) is 32.2 Å². The highest BCUT2D eigenvalue weighted by molar-refractivity contribution is 5.54. The molecule has 0 aromatic heterocycles. The highest BCUT2D eigenvalue weighted by Crippen LogP contribution is 2.22. The summed E-state index contributed by atoms with van der Waals surface area (Å²) in [4.78, 5) is 0. The maximum Gasteiger partial charge on any atom is 0.141 e. The lowest BCUT2D eigenvalue weighted by Gasteiger charge is -2.19. The molecule has 0 radical (unpaired) electrons. The monoisotopic (exact) mass is 236 g/mol. The Balaban J connectivity index is 2.59. The Morgan fingerprint density at radius 2 is 2.00 bits per heavy atom. The van der Waals surface area contributed by atoms with Crippen molar-refractivity contribution < 1.29 is 4.74 Å². The number of nitrogens with one attached hydrogen (secondary N) is 1. The van der Waals surface area contributed by atoms with E-state index >= 15 is 0 Å². The Kier molecular flexibility index (Phi) is 5.29. The molecule has 1 aromatic rings. The molecule has 17 heavy (non-hydrogen) atoms. The Morgan fingerprint density at radius 3 is 2.53 bits per heavy atom. The molecule has 0 heterocycles. The summed E-state index contributed by atoms with van der Waals surface area (Å²) in [5.41, 5.74) is 7.84. The lowest BCUT2D eigenvalue weighted by Crippen LogP contribution is -2.35. The Hall–Kier alpha value is -1.22. The van der Waals surface area contributed by atoms with E-state index in [4.69, 9.17) is 10.5 Å². The minimum absolute atomic E-state index is 0.456. The number of methoxy groups -OCH3 is 1. The van der Waals surface area contributed by atoms with Crippen molar-refractivity contribution in [2.75, 3.05) is 12.8 Å². The zero-order chi connectivity index (χ0) is 12.8. The Morgan fingerprint density at radius 1 is 1.29 bits per heavy atom. The summed E-state index contributed by atoms with van der Waals surface area (Å²) in [6, 6.07) is 7.01. The molecular weight excluding hydrogens is 212 g/mol. The fourth-order valence-electron chi connectivity index (χ4n) is 1.93. The van der Waals surface area contributed by atoms with E-state index in [-0.39, 0.29) is 0 Å². The number of ether oxygens (including phenoxy) is 1. The molecule has 0 saturated heterocycles. The average Bonchev–Trinajstić information content (AvgIpc) is 2.29. The van der Waals surface area contributed by atoms with Gasteiger partial charge in [0.15, 0.2) is 0 Å². The van der Waals surface area contributed by atoms with Crippen molar-refractivity contribution >= 4 is 5.69 Å². The molecular formula is C14H24N2O. The van der Waals surface area contributed by atoms with Crippen molar-refractivity contribution in [3.63, 3.8) is 0 Å². The first-order chi connectivity index (χ1) is 8.06. The Bertz CT molecular complexity index is 352. The molecule has 2 atom stereocenters. The van der Waals surface area contributed by atoms with Gasteiger partial charge in [0.05, 0.1) is 12.8 Å². The predicted molar refractivity (Wildman–Crippen MR) is 73.5 cm³/mol. The maximum absolute atomic E-state index is 5.89. The van der Waals surface area contributed by atoms with Crippen molar-refractivity contribution in [3.05, 3.63) is 23.8 Å². The SMILES string of the molecule is CCC(C)NC(C)Cc1ccc(OC)c(N)c1. The van der Waals surface area contributed by atoms with Gasteiger partial charge in [-0.2, -0.15) is 0 Å². The summed E-state index contributed by atoms with van der Waals surface area (Å²) < 4.78 is 5.15. The molecule has 0 saturated carbocycles. The molecule has 0 aliphatic rings.